The van der Waals surface area contributed by atoms with Gasteiger partial charge in [-0.05, 0) is 59.4 Å². The van der Waals surface area contributed by atoms with Crippen LogP contribution in [0, 0.1) is 13.8 Å². The molecule has 40 heavy (non-hydrogen) atoms. The highest BCUT2D eigenvalue weighted by molar-refractivity contribution is 5.92. The third kappa shape index (κ3) is 13.3. The molecule has 0 spiro atoms. The first-order valence-corrected chi connectivity index (χ1v) is 14.7. The van der Waals surface area contributed by atoms with Crippen LogP contribution < -0.4 is 16.4 Å². The molecule has 0 fully saturated rings. The molecule has 1 rings (SSSR count). The lowest BCUT2D eigenvalue weighted by Crippen LogP contribution is -2.53. The molecule has 9 heteroatoms. The number of carbonyl (C=O) groups excluding carboxylic acids is 4. The molecule has 0 aliphatic heterocycles. The van der Waals surface area contributed by atoms with Crippen LogP contribution in [0.4, 0.5) is 4.79 Å². The van der Waals surface area contributed by atoms with Crippen LogP contribution in [0.1, 0.15) is 115 Å². The van der Waals surface area contributed by atoms with Crippen molar-refractivity contribution in [2.45, 2.75) is 124 Å². The molecule has 0 saturated carbocycles. The van der Waals surface area contributed by atoms with E-state index in [1.54, 1.807) is 25.7 Å². The van der Waals surface area contributed by atoms with Crippen molar-refractivity contribution in [3.05, 3.63) is 34.9 Å². The van der Waals surface area contributed by atoms with Crippen LogP contribution in [0.3, 0.4) is 0 Å². The maximum Gasteiger partial charge on any atom is 0.408 e. The quantitative estimate of drug-likeness (QED) is 0.225. The van der Waals surface area contributed by atoms with Crippen LogP contribution >= 0.6 is 0 Å². The zero-order chi connectivity index (χ0) is 30.3. The summed E-state index contributed by atoms with van der Waals surface area (Å²) in [5.41, 5.74) is 7.30. The fourth-order valence-corrected chi connectivity index (χ4v) is 4.57. The topological polar surface area (TPSA) is 131 Å². The minimum absolute atomic E-state index is 0.00321. The number of carbonyl (C=O) groups is 4. The summed E-state index contributed by atoms with van der Waals surface area (Å²) in [7, 11) is 0. The highest BCUT2D eigenvalue weighted by Crippen LogP contribution is 2.26. The van der Waals surface area contributed by atoms with Gasteiger partial charge in [-0.15, -0.1) is 0 Å². The first kappa shape index (κ1) is 34.9. The smallest absolute Gasteiger partial charge is 0.408 e. The molecule has 0 aliphatic rings. The van der Waals surface area contributed by atoms with Gasteiger partial charge in [0.15, 0.2) is 0 Å². The van der Waals surface area contributed by atoms with Gasteiger partial charge in [0, 0.05) is 19.5 Å². The van der Waals surface area contributed by atoms with Crippen molar-refractivity contribution in [3.63, 3.8) is 0 Å². The number of hydrogen-bond donors (Lipinski definition) is 3. The third-order valence-corrected chi connectivity index (χ3v) is 6.40. The summed E-state index contributed by atoms with van der Waals surface area (Å²) in [6.45, 7) is 14.1. The molecule has 9 nitrogen and oxygen atoms in total. The molecule has 0 bridgehead atoms. The Morgan fingerprint density at radius 3 is 2.08 bits per heavy atom. The highest BCUT2D eigenvalue weighted by Gasteiger charge is 2.36. The molecule has 0 saturated heterocycles. The van der Waals surface area contributed by atoms with Gasteiger partial charge in [0.05, 0.1) is 0 Å². The molecular formula is C31H52N4O5. The molecule has 0 aromatic heterocycles. The Kier molecular flexibility index (Phi) is 15.3. The third-order valence-electron chi connectivity index (χ3n) is 6.40. The lowest BCUT2D eigenvalue weighted by molar-refractivity contribution is -0.142. The van der Waals surface area contributed by atoms with Gasteiger partial charge in [0.2, 0.25) is 17.7 Å². The summed E-state index contributed by atoms with van der Waals surface area (Å²) >= 11 is 0. The van der Waals surface area contributed by atoms with Gasteiger partial charge in [0.25, 0.3) is 0 Å². The van der Waals surface area contributed by atoms with Crippen LogP contribution in [-0.2, 0) is 19.1 Å². The van der Waals surface area contributed by atoms with Gasteiger partial charge in [-0.3, -0.25) is 14.4 Å². The van der Waals surface area contributed by atoms with Gasteiger partial charge >= 0.3 is 6.09 Å². The molecular weight excluding hydrogens is 508 g/mol. The molecule has 2 unspecified atom stereocenters. The number of unbranched alkanes of at least 4 members (excludes halogenated alkanes) is 5. The number of primary amides is 1. The molecule has 226 valence electrons. The highest BCUT2D eigenvalue weighted by atomic mass is 16.6. The van der Waals surface area contributed by atoms with Gasteiger partial charge in [-0.1, -0.05) is 75.3 Å². The summed E-state index contributed by atoms with van der Waals surface area (Å²) in [5, 5.41) is 5.66. The first-order valence-electron chi connectivity index (χ1n) is 14.7. The minimum Gasteiger partial charge on any atom is -0.444 e. The molecule has 1 aromatic carbocycles. The number of rotatable bonds is 17. The number of nitrogens with one attached hydrogen (secondary N) is 2. The van der Waals surface area contributed by atoms with Crippen molar-refractivity contribution < 1.29 is 23.9 Å². The second-order valence-electron chi connectivity index (χ2n) is 11.6. The Morgan fingerprint density at radius 2 is 1.52 bits per heavy atom. The van der Waals surface area contributed by atoms with Gasteiger partial charge in [-0.25, -0.2) is 4.79 Å². The molecule has 0 aliphatic carbocycles. The van der Waals surface area contributed by atoms with E-state index in [2.05, 4.69) is 17.6 Å². The zero-order valence-corrected chi connectivity index (χ0v) is 25.7. The molecule has 4 amide bonds. The van der Waals surface area contributed by atoms with E-state index in [1.165, 1.54) is 0 Å². The predicted octanol–water partition coefficient (Wildman–Crippen LogP) is 5.22. The molecule has 4 N–H and O–H groups in total. The van der Waals surface area contributed by atoms with Crippen LogP contribution in [0.25, 0.3) is 0 Å². The fraction of sp³-hybridized carbons (Fsp3) is 0.677. The van der Waals surface area contributed by atoms with Gasteiger partial charge < -0.3 is 26.0 Å². The van der Waals surface area contributed by atoms with Crippen LogP contribution in [-0.4, -0.2) is 53.4 Å². The Balaban J connectivity index is 3.52. The number of amides is 4. The van der Waals surface area contributed by atoms with E-state index >= 15 is 0 Å². The monoisotopic (exact) mass is 560 g/mol. The molecule has 0 heterocycles. The van der Waals surface area contributed by atoms with E-state index in [-0.39, 0.29) is 18.7 Å². The number of ether oxygens (including phenoxy) is 1. The standard InChI is InChI=1S/C31H52N4O5/c1-8-10-12-13-14-18-35(29(38)25(15-16-26(32)36)34-30(39)40-31(5,6)7)27(28(37)33-17-11-9-2)24-20-22(3)19-23(4)21-24/h19-21,25,27H,8-18H2,1-7H3,(H2,32,36)(H,33,37)(H,34,39). The van der Waals surface area contributed by atoms with E-state index in [0.717, 1.165) is 49.7 Å². The number of hydrogen-bond acceptors (Lipinski definition) is 5. The lowest BCUT2D eigenvalue weighted by atomic mass is 9.97. The maximum atomic E-state index is 14.2. The Hall–Kier alpha value is -3.10. The average Bonchev–Trinajstić information content (AvgIpc) is 2.83. The average molecular weight is 561 g/mol. The number of benzene rings is 1. The van der Waals surface area contributed by atoms with Crippen molar-refractivity contribution in [1.29, 1.82) is 0 Å². The summed E-state index contributed by atoms with van der Waals surface area (Å²) < 4.78 is 5.40. The van der Waals surface area contributed by atoms with E-state index in [9.17, 15) is 19.2 Å². The maximum absolute atomic E-state index is 14.2. The molecule has 2 atom stereocenters. The summed E-state index contributed by atoms with van der Waals surface area (Å²) in [6, 6.07) is 3.88. The normalized spacial score (nSPS) is 12.8. The Labute approximate surface area is 241 Å². The molecule has 1 aromatic rings. The van der Waals surface area contributed by atoms with E-state index in [1.807, 2.05) is 39.0 Å². The van der Waals surface area contributed by atoms with E-state index in [0.29, 0.717) is 25.1 Å². The van der Waals surface area contributed by atoms with Crippen molar-refractivity contribution in [3.8, 4) is 0 Å². The van der Waals surface area contributed by atoms with E-state index < -0.39 is 35.6 Å². The minimum atomic E-state index is -1.09. The van der Waals surface area contributed by atoms with Gasteiger partial charge in [-0.2, -0.15) is 0 Å². The summed E-state index contributed by atoms with van der Waals surface area (Å²) in [5.74, 6) is -1.30. The number of aryl methyl sites for hydroxylation is 2. The Morgan fingerprint density at radius 1 is 0.925 bits per heavy atom. The number of alkyl carbamates (subject to hydrolysis) is 1. The van der Waals surface area contributed by atoms with E-state index in [4.69, 9.17) is 10.5 Å². The van der Waals surface area contributed by atoms with Crippen molar-refractivity contribution in [1.82, 2.24) is 15.5 Å². The van der Waals surface area contributed by atoms with Crippen LogP contribution in [0.5, 0.6) is 0 Å². The predicted molar refractivity (Wildman–Crippen MR) is 159 cm³/mol. The summed E-state index contributed by atoms with van der Waals surface area (Å²) in [6.07, 6.45) is 5.66. The summed E-state index contributed by atoms with van der Waals surface area (Å²) in [4.78, 5) is 53.9. The number of nitrogens with zero attached hydrogens (tertiary/aromatic N) is 1. The SMILES string of the molecule is CCCCCCCN(C(=O)C(CCC(N)=O)NC(=O)OC(C)(C)C)C(C(=O)NCCCC)c1cc(C)cc(C)c1. The van der Waals surface area contributed by atoms with Gasteiger partial charge in [0.1, 0.15) is 17.7 Å². The number of nitrogens with two attached hydrogens (primary N) is 1. The largest absolute Gasteiger partial charge is 0.444 e. The Bertz CT molecular complexity index is 953. The van der Waals surface area contributed by atoms with Crippen molar-refractivity contribution in [2.75, 3.05) is 13.1 Å². The second kappa shape index (κ2) is 17.6. The lowest BCUT2D eigenvalue weighted by Gasteiger charge is -2.35. The fourth-order valence-electron chi connectivity index (χ4n) is 4.57. The second-order valence-corrected chi connectivity index (χ2v) is 11.6. The van der Waals surface area contributed by atoms with Crippen LogP contribution in [0.15, 0.2) is 18.2 Å². The van der Waals surface area contributed by atoms with Crippen molar-refractivity contribution >= 4 is 23.8 Å². The zero-order valence-electron chi connectivity index (χ0n) is 25.7. The molecule has 0 radical (unpaired) electrons. The van der Waals surface area contributed by atoms with Crippen molar-refractivity contribution in [2.24, 2.45) is 5.73 Å². The van der Waals surface area contributed by atoms with Crippen LogP contribution in [0.2, 0.25) is 0 Å². The first-order chi connectivity index (χ1) is 18.8.